The van der Waals surface area contributed by atoms with E-state index < -0.39 is 0 Å². The molecule has 4 heteroatoms. The van der Waals surface area contributed by atoms with E-state index in [-0.39, 0.29) is 0 Å². The quantitative estimate of drug-likeness (QED) is 0.684. The molecule has 0 radical (unpaired) electrons. The monoisotopic (exact) mass is 305 g/mol. The van der Waals surface area contributed by atoms with Gasteiger partial charge in [-0.1, -0.05) is 18.2 Å². The van der Waals surface area contributed by atoms with Gasteiger partial charge in [-0.3, -0.25) is 4.84 Å². The van der Waals surface area contributed by atoms with Crippen LogP contribution in [0.15, 0.2) is 24.3 Å². The Bertz CT molecular complexity index is 426. The summed E-state index contributed by atoms with van der Waals surface area (Å²) in [5.41, 5.74) is 0. The largest absolute Gasteiger partial charge is 0.299 e. The number of fused-ring (bicyclic) bond motifs is 1. The Labute approximate surface area is 93.8 Å². The average molecular weight is 305 g/mol. The Morgan fingerprint density at radius 3 is 2.85 bits per heavy atom. The van der Waals surface area contributed by atoms with Crippen LogP contribution in [0.25, 0.3) is 10.1 Å². The van der Waals surface area contributed by atoms with E-state index >= 15 is 0 Å². The van der Waals surface area contributed by atoms with Gasteiger partial charge in [-0.05, 0) is 28.7 Å². The zero-order chi connectivity index (χ0) is 9.26. The SMILES string of the molecule is NOCc1sc2ccccc2c1I. The summed E-state index contributed by atoms with van der Waals surface area (Å²) < 4.78 is 2.54. The molecule has 0 amide bonds. The van der Waals surface area contributed by atoms with Crippen molar-refractivity contribution in [3.63, 3.8) is 0 Å². The molecule has 0 fully saturated rings. The lowest BCUT2D eigenvalue weighted by Gasteiger charge is -1.93. The number of halogens is 1. The maximum atomic E-state index is 5.05. The second kappa shape index (κ2) is 3.91. The summed E-state index contributed by atoms with van der Waals surface area (Å²) in [4.78, 5) is 5.84. The summed E-state index contributed by atoms with van der Waals surface area (Å²) in [5.74, 6) is 5.05. The highest BCUT2D eigenvalue weighted by Crippen LogP contribution is 2.32. The van der Waals surface area contributed by atoms with E-state index in [0.29, 0.717) is 6.61 Å². The summed E-state index contributed by atoms with van der Waals surface area (Å²) in [5, 5.41) is 1.29. The third-order valence-corrected chi connectivity index (χ3v) is 4.56. The number of nitrogens with two attached hydrogens (primary N) is 1. The van der Waals surface area contributed by atoms with Crippen LogP contribution in [0.2, 0.25) is 0 Å². The molecule has 68 valence electrons. The minimum atomic E-state index is 0.498. The number of rotatable bonds is 2. The van der Waals surface area contributed by atoms with Crippen LogP contribution in [0.4, 0.5) is 0 Å². The van der Waals surface area contributed by atoms with Crippen LogP contribution in [0.1, 0.15) is 4.88 Å². The molecule has 1 aromatic carbocycles. The third-order valence-electron chi connectivity index (χ3n) is 1.82. The molecular weight excluding hydrogens is 297 g/mol. The lowest BCUT2D eigenvalue weighted by atomic mass is 10.2. The van der Waals surface area contributed by atoms with E-state index in [1.807, 2.05) is 12.1 Å². The maximum absolute atomic E-state index is 5.05. The second-order valence-electron chi connectivity index (χ2n) is 2.65. The summed E-state index contributed by atoms with van der Waals surface area (Å²) in [6.45, 7) is 0.498. The molecule has 2 nitrogen and oxygen atoms in total. The summed E-state index contributed by atoms with van der Waals surface area (Å²) in [6.07, 6.45) is 0. The molecule has 1 aromatic heterocycles. The molecule has 2 N–H and O–H groups in total. The molecule has 1 heterocycles. The smallest absolute Gasteiger partial charge is 0.103 e. The zero-order valence-electron chi connectivity index (χ0n) is 6.79. The van der Waals surface area contributed by atoms with Crippen LogP contribution < -0.4 is 5.90 Å². The van der Waals surface area contributed by atoms with E-state index in [9.17, 15) is 0 Å². The zero-order valence-corrected chi connectivity index (χ0v) is 9.76. The Morgan fingerprint density at radius 1 is 1.38 bits per heavy atom. The highest BCUT2D eigenvalue weighted by Gasteiger charge is 2.08. The predicted octanol–water partition coefficient (Wildman–Crippen LogP) is 2.90. The molecule has 2 aromatic rings. The Balaban J connectivity index is 2.60. The first-order valence-corrected chi connectivity index (χ1v) is 5.70. The third kappa shape index (κ3) is 1.71. The molecule has 0 spiro atoms. The van der Waals surface area contributed by atoms with Crippen LogP contribution in [-0.2, 0) is 11.4 Å². The fraction of sp³-hybridized carbons (Fsp3) is 0.111. The first-order valence-electron chi connectivity index (χ1n) is 3.80. The van der Waals surface area contributed by atoms with Gasteiger partial charge in [-0.25, -0.2) is 5.90 Å². The molecule has 2 rings (SSSR count). The molecule has 0 unspecified atom stereocenters. The van der Waals surface area contributed by atoms with Crippen LogP contribution in [-0.4, -0.2) is 0 Å². The average Bonchev–Trinajstić information content (AvgIpc) is 2.46. The number of benzene rings is 1. The van der Waals surface area contributed by atoms with Crippen molar-refractivity contribution >= 4 is 44.0 Å². The van der Waals surface area contributed by atoms with Gasteiger partial charge in [-0.2, -0.15) is 0 Å². The van der Waals surface area contributed by atoms with Crippen molar-refractivity contribution in [2.75, 3.05) is 0 Å². The normalized spacial score (nSPS) is 10.9. The van der Waals surface area contributed by atoms with Crippen molar-refractivity contribution in [3.8, 4) is 0 Å². The van der Waals surface area contributed by atoms with Gasteiger partial charge in [0.2, 0.25) is 0 Å². The van der Waals surface area contributed by atoms with Crippen molar-refractivity contribution in [3.05, 3.63) is 32.7 Å². The van der Waals surface area contributed by atoms with Crippen molar-refractivity contribution in [2.24, 2.45) is 5.90 Å². The molecule has 0 aliphatic carbocycles. The molecule has 0 aliphatic rings. The maximum Gasteiger partial charge on any atom is 0.103 e. The number of hydrogen-bond acceptors (Lipinski definition) is 3. The number of thiophene rings is 1. The molecule has 0 saturated heterocycles. The molecule has 13 heavy (non-hydrogen) atoms. The van der Waals surface area contributed by atoms with E-state index in [1.165, 1.54) is 18.5 Å². The van der Waals surface area contributed by atoms with E-state index in [0.717, 1.165) is 0 Å². The molecule has 0 aliphatic heterocycles. The van der Waals surface area contributed by atoms with E-state index in [2.05, 4.69) is 39.6 Å². The van der Waals surface area contributed by atoms with Gasteiger partial charge >= 0.3 is 0 Å². The van der Waals surface area contributed by atoms with Gasteiger partial charge in [0.15, 0.2) is 0 Å². The van der Waals surface area contributed by atoms with Crippen LogP contribution >= 0.6 is 33.9 Å². The minimum Gasteiger partial charge on any atom is -0.299 e. The van der Waals surface area contributed by atoms with Gasteiger partial charge in [0, 0.05) is 18.5 Å². The van der Waals surface area contributed by atoms with Crippen molar-refractivity contribution in [1.29, 1.82) is 0 Å². The van der Waals surface area contributed by atoms with E-state index in [1.54, 1.807) is 11.3 Å². The summed E-state index contributed by atoms with van der Waals surface area (Å²) in [7, 11) is 0. The van der Waals surface area contributed by atoms with Crippen LogP contribution in [0.3, 0.4) is 0 Å². The van der Waals surface area contributed by atoms with Crippen molar-refractivity contribution in [2.45, 2.75) is 6.61 Å². The lowest BCUT2D eigenvalue weighted by Crippen LogP contribution is -1.97. The van der Waals surface area contributed by atoms with Gasteiger partial charge in [0.25, 0.3) is 0 Å². The van der Waals surface area contributed by atoms with Crippen molar-refractivity contribution < 1.29 is 4.84 Å². The molecule has 0 saturated carbocycles. The fourth-order valence-corrected chi connectivity index (χ4v) is 3.39. The first kappa shape index (κ1) is 9.39. The van der Waals surface area contributed by atoms with Gasteiger partial charge < -0.3 is 0 Å². The standard InChI is InChI=1S/C9H8INOS/c10-9-6-3-1-2-4-7(6)13-8(9)5-12-11/h1-4H,5,11H2. The molecule has 0 atom stereocenters. The predicted molar refractivity (Wildman–Crippen MR) is 63.5 cm³/mol. The molecule has 0 bridgehead atoms. The Hall–Kier alpha value is -0.170. The second-order valence-corrected chi connectivity index (χ2v) is 4.86. The van der Waals surface area contributed by atoms with E-state index in [4.69, 9.17) is 5.90 Å². The minimum absolute atomic E-state index is 0.498. The Morgan fingerprint density at radius 2 is 2.15 bits per heavy atom. The summed E-state index contributed by atoms with van der Waals surface area (Å²) in [6, 6.07) is 8.32. The number of hydrogen-bond donors (Lipinski definition) is 1. The fourth-order valence-electron chi connectivity index (χ4n) is 1.23. The highest BCUT2D eigenvalue weighted by atomic mass is 127. The topological polar surface area (TPSA) is 35.2 Å². The lowest BCUT2D eigenvalue weighted by molar-refractivity contribution is 0.126. The molecular formula is C9H8INOS. The van der Waals surface area contributed by atoms with Gasteiger partial charge in [0.05, 0.1) is 0 Å². The summed E-state index contributed by atoms with van der Waals surface area (Å²) >= 11 is 4.07. The van der Waals surface area contributed by atoms with Crippen molar-refractivity contribution in [1.82, 2.24) is 0 Å². The Kier molecular flexibility index (Phi) is 2.83. The van der Waals surface area contributed by atoms with Crippen LogP contribution in [0.5, 0.6) is 0 Å². The van der Waals surface area contributed by atoms with Gasteiger partial charge in [0.1, 0.15) is 6.61 Å². The first-order chi connectivity index (χ1) is 6.33. The highest BCUT2D eigenvalue weighted by molar-refractivity contribution is 14.1. The van der Waals surface area contributed by atoms with Gasteiger partial charge in [-0.15, -0.1) is 11.3 Å². The van der Waals surface area contributed by atoms with Crippen LogP contribution in [0, 0.1) is 3.57 Å².